The molecular weight excluding hydrogens is 436 g/mol. The van der Waals surface area contributed by atoms with E-state index in [1.165, 1.54) is 23.6 Å². The van der Waals surface area contributed by atoms with E-state index >= 15 is 0 Å². The van der Waals surface area contributed by atoms with E-state index in [0.29, 0.717) is 22.8 Å². The number of pyridine rings is 1. The number of carbonyl (C=O) groups is 3. The highest BCUT2D eigenvalue weighted by Gasteiger charge is 2.57. The molecule has 1 saturated heterocycles. The lowest BCUT2D eigenvalue weighted by Crippen LogP contribution is -2.60. The van der Waals surface area contributed by atoms with Gasteiger partial charge in [0.2, 0.25) is 12.1 Å². The predicted octanol–water partition coefficient (Wildman–Crippen LogP) is 1.15. The van der Waals surface area contributed by atoms with Crippen molar-refractivity contribution in [3.8, 4) is 5.75 Å². The van der Waals surface area contributed by atoms with Crippen molar-refractivity contribution in [2.75, 3.05) is 6.61 Å². The number of aromatic nitrogens is 1. The van der Waals surface area contributed by atoms with E-state index in [0.717, 1.165) is 5.56 Å². The number of amides is 1. The van der Waals surface area contributed by atoms with Crippen molar-refractivity contribution < 1.29 is 39.0 Å². The minimum absolute atomic E-state index is 0.0488. The first kappa shape index (κ1) is 21.8. The molecule has 1 amide bonds. The molecule has 0 unspecified atom stereocenters. The van der Waals surface area contributed by atoms with Crippen LogP contribution in [0.1, 0.15) is 18.1 Å². The number of rotatable bonds is 8. The predicted molar refractivity (Wildman–Crippen MR) is 113 cm³/mol. The van der Waals surface area contributed by atoms with E-state index in [4.69, 9.17) is 9.84 Å². The van der Waals surface area contributed by atoms with Gasteiger partial charge in [-0.25, -0.2) is 9.59 Å². The first-order valence-corrected chi connectivity index (χ1v) is 10.7. The highest BCUT2D eigenvalue weighted by atomic mass is 32.2. The van der Waals surface area contributed by atoms with Crippen LogP contribution in [0.5, 0.6) is 5.75 Å². The van der Waals surface area contributed by atoms with Crippen LogP contribution >= 0.6 is 11.8 Å². The van der Waals surface area contributed by atoms with Gasteiger partial charge < -0.3 is 20.1 Å². The van der Waals surface area contributed by atoms with Crippen molar-refractivity contribution in [3.63, 3.8) is 0 Å². The third-order valence-electron chi connectivity index (χ3n) is 5.28. The van der Waals surface area contributed by atoms with Crippen molar-refractivity contribution in [3.05, 3.63) is 65.6 Å². The fourth-order valence-corrected chi connectivity index (χ4v) is 5.40. The smallest absolute Gasteiger partial charge is 0.353 e. The Labute approximate surface area is 187 Å². The first-order valence-electron chi connectivity index (χ1n) is 9.84. The lowest BCUT2D eigenvalue weighted by atomic mass is 9.92. The molecule has 0 bridgehead atoms. The number of carbonyl (C=O) groups excluding carboxylic acids is 1. The largest absolute Gasteiger partial charge is 0.479 e. The van der Waals surface area contributed by atoms with Crippen molar-refractivity contribution in [2.45, 2.75) is 24.9 Å². The number of β-lactam (4-membered cyclic amide) rings is 1. The van der Waals surface area contributed by atoms with Crippen LogP contribution in [-0.4, -0.2) is 56.2 Å². The number of aliphatic carboxylic acids is 2. The van der Waals surface area contributed by atoms with Crippen LogP contribution in [0.2, 0.25) is 0 Å². The van der Waals surface area contributed by atoms with Crippen LogP contribution in [0.4, 0.5) is 0 Å². The van der Waals surface area contributed by atoms with Gasteiger partial charge in [0.15, 0.2) is 25.1 Å². The minimum Gasteiger partial charge on any atom is -0.479 e. The Morgan fingerprint density at radius 2 is 1.94 bits per heavy atom. The molecule has 4 rings (SSSR count). The van der Waals surface area contributed by atoms with Crippen molar-refractivity contribution in [1.29, 1.82) is 0 Å². The summed E-state index contributed by atoms with van der Waals surface area (Å²) < 4.78 is 7.04. The third-order valence-corrected chi connectivity index (χ3v) is 6.69. The Balaban J connectivity index is 1.52. The summed E-state index contributed by atoms with van der Waals surface area (Å²) in [5, 5.41) is 27.9. The van der Waals surface area contributed by atoms with Crippen LogP contribution in [0.15, 0.2) is 54.5 Å². The summed E-state index contributed by atoms with van der Waals surface area (Å²) in [6.45, 7) is 1.61. The fraction of sp³-hybridized carbons (Fsp3) is 0.273. The number of fused-ring (bicyclic) bond motifs is 1. The number of carboxylic acid groups (broad SMARTS) is 2. The van der Waals surface area contributed by atoms with Gasteiger partial charge in [0, 0.05) is 16.5 Å². The minimum atomic E-state index is -1.18. The second-order valence-electron chi connectivity index (χ2n) is 7.56. The fourth-order valence-electron chi connectivity index (χ4n) is 3.78. The molecule has 166 valence electrons. The van der Waals surface area contributed by atoms with Crippen LogP contribution in [0.3, 0.4) is 0 Å². The van der Waals surface area contributed by atoms with Gasteiger partial charge in [0.25, 0.3) is 0 Å². The summed E-state index contributed by atoms with van der Waals surface area (Å²) >= 11 is 1.28. The summed E-state index contributed by atoms with van der Waals surface area (Å²) in [4.78, 5) is 36.6. The number of nitrogens with zero attached hydrogens (tertiary/aromatic N) is 2. The normalized spacial score (nSPS) is 20.6. The summed E-state index contributed by atoms with van der Waals surface area (Å²) in [5.41, 5.74) is 1.58. The highest BCUT2D eigenvalue weighted by molar-refractivity contribution is 8.09. The molecular formula is C22H21N2O7S+. The van der Waals surface area contributed by atoms with Gasteiger partial charge in [-0.2, -0.15) is 4.57 Å². The monoisotopic (exact) mass is 457 g/mol. The molecule has 1 aromatic heterocycles. The molecule has 0 saturated carbocycles. The second kappa shape index (κ2) is 8.64. The number of carboxylic acids is 2. The Bertz CT molecular complexity index is 1110. The van der Waals surface area contributed by atoms with Crippen LogP contribution in [-0.2, 0) is 20.9 Å². The molecule has 0 aliphatic carbocycles. The SMILES string of the molecule is C[C@@H](O)[C@H]1C(=O)N2C(C(=O)O)=C(c3ccc(C[n+]4cccc(OCC(=O)O)c4)cc3)S[C@H]12. The molecule has 3 atom stereocenters. The van der Waals surface area contributed by atoms with Gasteiger partial charge in [0.1, 0.15) is 11.1 Å². The van der Waals surface area contributed by atoms with E-state index in [9.17, 15) is 24.6 Å². The number of thioether (sulfide) groups is 1. The average molecular weight is 457 g/mol. The summed E-state index contributed by atoms with van der Waals surface area (Å²) in [6.07, 6.45) is 2.67. The molecule has 10 heteroatoms. The van der Waals surface area contributed by atoms with Gasteiger partial charge in [-0.1, -0.05) is 36.0 Å². The Hall–Kier alpha value is -3.37. The number of hydrogen-bond donors (Lipinski definition) is 3. The van der Waals surface area contributed by atoms with E-state index in [1.54, 1.807) is 30.5 Å². The zero-order valence-electron chi connectivity index (χ0n) is 17.0. The van der Waals surface area contributed by atoms with E-state index in [2.05, 4.69) is 0 Å². The number of ether oxygens (including phenoxy) is 1. The molecule has 1 aromatic carbocycles. The lowest BCUT2D eigenvalue weighted by molar-refractivity contribution is -0.688. The van der Waals surface area contributed by atoms with Crippen LogP contribution in [0.25, 0.3) is 4.91 Å². The number of aliphatic hydroxyl groups is 1. The Morgan fingerprint density at radius 1 is 1.22 bits per heavy atom. The molecule has 32 heavy (non-hydrogen) atoms. The van der Waals surface area contributed by atoms with Gasteiger partial charge in [-0.05, 0) is 18.6 Å². The Kier molecular flexibility index (Phi) is 5.90. The number of benzene rings is 1. The molecule has 2 aliphatic heterocycles. The summed E-state index contributed by atoms with van der Waals surface area (Å²) in [5.74, 6) is -2.78. The molecule has 2 aromatic rings. The summed E-state index contributed by atoms with van der Waals surface area (Å²) in [7, 11) is 0. The maximum absolute atomic E-state index is 12.4. The molecule has 1 fully saturated rings. The second-order valence-corrected chi connectivity index (χ2v) is 8.68. The quantitative estimate of drug-likeness (QED) is 0.398. The molecule has 3 heterocycles. The van der Waals surface area contributed by atoms with Gasteiger partial charge in [-0.3, -0.25) is 9.69 Å². The number of hydrogen-bond acceptors (Lipinski definition) is 6. The topological polar surface area (TPSA) is 128 Å². The standard InChI is InChI=1S/C22H20N2O7S/c1-12(25)17-20(28)24-18(22(29)30)19(32-21(17)24)14-6-4-13(5-7-14)9-23-8-2-3-15(10-23)31-11-16(26)27/h2-8,10,12,17,21,25H,9,11H2,1H3,(H-,26,27,29,30)/p+1/t12-,17+,21-/m1/s1. The average Bonchev–Trinajstić information content (AvgIpc) is 3.08. The maximum Gasteiger partial charge on any atom is 0.353 e. The van der Waals surface area contributed by atoms with E-state index in [-0.39, 0.29) is 11.6 Å². The molecule has 3 N–H and O–H groups in total. The molecule has 2 aliphatic rings. The van der Waals surface area contributed by atoms with E-state index < -0.39 is 35.9 Å². The maximum atomic E-state index is 12.4. The first-order chi connectivity index (χ1) is 15.3. The van der Waals surface area contributed by atoms with Crippen molar-refractivity contribution >= 4 is 34.5 Å². The van der Waals surface area contributed by atoms with Gasteiger partial charge >= 0.3 is 11.9 Å². The van der Waals surface area contributed by atoms with Crippen molar-refractivity contribution in [2.24, 2.45) is 5.92 Å². The van der Waals surface area contributed by atoms with Crippen LogP contribution < -0.4 is 9.30 Å². The van der Waals surface area contributed by atoms with Gasteiger partial charge in [0.05, 0.1) is 12.0 Å². The zero-order valence-corrected chi connectivity index (χ0v) is 17.9. The highest BCUT2D eigenvalue weighted by Crippen LogP contribution is 2.53. The Morgan fingerprint density at radius 3 is 2.56 bits per heavy atom. The number of aliphatic hydroxyl groups excluding tert-OH is 1. The third kappa shape index (κ3) is 4.06. The lowest BCUT2D eigenvalue weighted by Gasteiger charge is -2.43. The molecule has 9 nitrogen and oxygen atoms in total. The van der Waals surface area contributed by atoms with E-state index in [1.807, 2.05) is 22.9 Å². The van der Waals surface area contributed by atoms with Crippen LogP contribution in [0, 0.1) is 5.92 Å². The zero-order chi connectivity index (χ0) is 23.0. The molecule has 0 radical (unpaired) electrons. The van der Waals surface area contributed by atoms with Crippen molar-refractivity contribution in [1.82, 2.24) is 4.90 Å². The summed E-state index contributed by atoms with van der Waals surface area (Å²) in [6, 6.07) is 10.8. The van der Waals surface area contributed by atoms with Gasteiger partial charge in [-0.15, -0.1) is 0 Å². The molecule has 0 spiro atoms.